The summed E-state index contributed by atoms with van der Waals surface area (Å²) in [4.78, 5) is 28.0. The van der Waals surface area contributed by atoms with Crippen molar-refractivity contribution in [2.75, 3.05) is 17.1 Å². The number of benzene rings is 2. The summed E-state index contributed by atoms with van der Waals surface area (Å²) in [6.07, 6.45) is -3.64. The number of alkyl halides is 3. The second-order valence-corrected chi connectivity index (χ2v) is 11.9. The van der Waals surface area contributed by atoms with Crippen LogP contribution >= 0.6 is 0 Å². The highest BCUT2D eigenvalue weighted by molar-refractivity contribution is 7.92. The normalized spacial score (nSPS) is 13.1. The third kappa shape index (κ3) is 8.77. The van der Waals surface area contributed by atoms with Crippen molar-refractivity contribution < 1.29 is 31.2 Å². The molecule has 0 aliphatic heterocycles. The van der Waals surface area contributed by atoms with Crippen LogP contribution in [0, 0.1) is 6.92 Å². The van der Waals surface area contributed by atoms with Crippen molar-refractivity contribution in [3.63, 3.8) is 0 Å². The van der Waals surface area contributed by atoms with E-state index in [1.54, 1.807) is 39.8 Å². The summed E-state index contributed by atoms with van der Waals surface area (Å²) in [5.41, 5.74) is -0.218. The first-order valence-electron chi connectivity index (χ1n) is 11.7. The van der Waals surface area contributed by atoms with Crippen LogP contribution in [0.3, 0.4) is 0 Å². The number of amides is 2. The van der Waals surface area contributed by atoms with Crippen molar-refractivity contribution >= 4 is 27.5 Å². The molecule has 1 N–H and O–H groups in total. The van der Waals surface area contributed by atoms with Crippen LogP contribution in [-0.2, 0) is 32.3 Å². The lowest BCUT2D eigenvalue weighted by Gasteiger charge is -2.34. The van der Waals surface area contributed by atoms with Crippen LogP contribution in [0.1, 0.15) is 50.8 Å². The van der Waals surface area contributed by atoms with Gasteiger partial charge in [0.2, 0.25) is 21.8 Å². The Bertz CT molecular complexity index is 1210. The van der Waals surface area contributed by atoms with Gasteiger partial charge in [-0.2, -0.15) is 13.2 Å². The standard InChI is InChI=1S/C26H34F3N3O4S/c1-7-22(24(34)30-25(3,4)5)31(16-19-13-11-18(2)12-14-19)23(33)17-32(37(6,35)36)21-10-8-9-20(15-21)26(27,28)29/h8-15,22H,7,16-17H2,1-6H3,(H,30,34). The van der Waals surface area contributed by atoms with Gasteiger partial charge in [0.15, 0.2) is 0 Å². The van der Waals surface area contributed by atoms with Gasteiger partial charge in [-0.3, -0.25) is 13.9 Å². The zero-order valence-corrected chi connectivity index (χ0v) is 22.7. The molecule has 0 aliphatic rings. The fourth-order valence-electron chi connectivity index (χ4n) is 3.71. The molecule has 0 aliphatic carbocycles. The van der Waals surface area contributed by atoms with Crippen molar-refractivity contribution in [3.8, 4) is 0 Å². The number of aryl methyl sites for hydroxylation is 1. The Morgan fingerprint density at radius 2 is 1.62 bits per heavy atom. The summed E-state index contributed by atoms with van der Waals surface area (Å²) >= 11 is 0. The molecule has 1 atom stereocenters. The lowest BCUT2D eigenvalue weighted by molar-refractivity contribution is -0.141. The fourth-order valence-corrected chi connectivity index (χ4v) is 4.56. The molecule has 7 nitrogen and oxygen atoms in total. The number of nitrogens with zero attached hydrogens (tertiary/aromatic N) is 2. The van der Waals surface area contributed by atoms with E-state index in [9.17, 15) is 31.2 Å². The molecule has 0 fully saturated rings. The van der Waals surface area contributed by atoms with Crippen molar-refractivity contribution in [1.29, 1.82) is 0 Å². The molecule has 0 heterocycles. The minimum atomic E-state index is -4.70. The molecule has 1 unspecified atom stereocenters. The quantitative estimate of drug-likeness (QED) is 0.507. The minimum absolute atomic E-state index is 0.00930. The second kappa shape index (κ2) is 11.5. The molecule has 204 valence electrons. The number of hydrogen-bond donors (Lipinski definition) is 1. The highest BCUT2D eigenvalue weighted by atomic mass is 32.2. The SMILES string of the molecule is CCC(C(=O)NC(C)(C)C)N(Cc1ccc(C)cc1)C(=O)CN(c1cccc(C(F)(F)F)c1)S(C)(=O)=O. The Balaban J connectivity index is 2.50. The van der Waals surface area contributed by atoms with Gasteiger partial charge in [-0.1, -0.05) is 42.8 Å². The van der Waals surface area contributed by atoms with Gasteiger partial charge in [0.25, 0.3) is 0 Å². The summed E-state index contributed by atoms with van der Waals surface area (Å²) in [6, 6.07) is 10.1. The Kier molecular flexibility index (Phi) is 9.40. The predicted molar refractivity (Wildman–Crippen MR) is 137 cm³/mol. The number of sulfonamides is 1. The monoisotopic (exact) mass is 541 g/mol. The number of carbonyl (C=O) groups excluding carboxylic acids is 2. The van der Waals surface area contributed by atoms with Gasteiger partial charge in [-0.25, -0.2) is 8.42 Å². The van der Waals surface area contributed by atoms with Crippen LogP contribution in [0.15, 0.2) is 48.5 Å². The maximum Gasteiger partial charge on any atom is 0.416 e. The predicted octanol–water partition coefficient (Wildman–Crippen LogP) is 4.50. The van der Waals surface area contributed by atoms with E-state index >= 15 is 0 Å². The lowest BCUT2D eigenvalue weighted by Crippen LogP contribution is -2.55. The molecule has 37 heavy (non-hydrogen) atoms. The first kappa shape index (κ1) is 30.1. The average Bonchev–Trinajstić information content (AvgIpc) is 2.76. The van der Waals surface area contributed by atoms with Gasteiger partial charge in [-0.15, -0.1) is 0 Å². The molecule has 0 bridgehead atoms. The molecule has 0 saturated heterocycles. The van der Waals surface area contributed by atoms with Gasteiger partial charge in [0.1, 0.15) is 12.6 Å². The van der Waals surface area contributed by atoms with E-state index in [4.69, 9.17) is 0 Å². The molecule has 0 spiro atoms. The van der Waals surface area contributed by atoms with Gasteiger partial charge >= 0.3 is 6.18 Å². The van der Waals surface area contributed by atoms with E-state index in [-0.39, 0.29) is 18.7 Å². The van der Waals surface area contributed by atoms with Crippen LogP contribution in [0.5, 0.6) is 0 Å². The van der Waals surface area contributed by atoms with E-state index in [2.05, 4.69) is 5.32 Å². The third-order valence-electron chi connectivity index (χ3n) is 5.50. The Hall–Kier alpha value is -3.08. The molecule has 11 heteroatoms. The lowest BCUT2D eigenvalue weighted by atomic mass is 10.1. The summed E-state index contributed by atoms with van der Waals surface area (Å²) in [5.74, 6) is -1.14. The molecule has 2 aromatic rings. The van der Waals surface area contributed by atoms with Gasteiger partial charge in [-0.05, 0) is 57.9 Å². The zero-order chi connectivity index (χ0) is 28.2. The molecule has 0 radical (unpaired) electrons. The molecule has 2 amide bonds. The zero-order valence-electron chi connectivity index (χ0n) is 21.9. The van der Waals surface area contributed by atoms with E-state index in [1.165, 1.54) is 11.0 Å². The largest absolute Gasteiger partial charge is 0.416 e. The van der Waals surface area contributed by atoms with Gasteiger partial charge < -0.3 is 10.2 Å². The molecule has 2 aromatic carbocycles. The smallest absolute Gasteiger partial charge is 0.350 e. The van der Waals surface area contributed by atoms with E-state index in [1.807, 2.05) is 19.1 Å². The van der Waals surface area contributed by atoms with E-state index in [0.717, 1.165) is 24.0 Å². The van der Waals surface area contributed by atoms with Crippen molar-refractivity contribution in [3.05, 3.63) is 65.2 Å². The van der Waals surface area contributed by atoms with Crippen LogP contribution < -0.4 is 9.62 Å². The number of anilines is 1. The number of halogens is 3. The highest BCUT2D eigenvalue weighted by Gasteiger charge is 2.35. The number of hydrogen-bond acceptors (Lipinski definition) is 4. The summed E-state index contributed by atoms with van der Waals surface area (Å²) in [6.45, 7) is 8.25. The highest BCUT2D eigenvalue weighted by Crippen LogP contribution is 2.32. The first-order valence-corrected chi connectivity index (χ1v) is 13.6. The topological polar surface area (TPSA) is 86.8 Å². The summed E-state index contributed by atoms with van der Waals surface area (Å²) < 4.78 is 65.7. The van der Waals surface area contributed by atoms with Crippen LogP contribution in [0.25, 0.3) is 0 Å². The van der Waals surface area contributed by atoms with E-state index in [0.29, 0.717) is 15.9 Å². The Morgan fingerprint density at radius 3 is 2.11 bits per heavy atom. The van der Waals surface area contributed by atoms with E-state index < -0.39 is 51.7 Å². The third-order valence-corrected chi connectivity index (χ3v) is 6.64. The second-order valence-electron chi connectivity index (χ2n) is 9.99. The van der Waals surface area contributed by atoms with Crippen LogP contribution in [0.2, 0.25) is 0 Å². The molecule has 2 rings (SSSR count). The molecular weight excluding hydrogens is 507 g/mol. The van der Waals surface area contributed by atoms with Crippen molar-refractivity contribution in [2.45, 2.75) is 65.3 Å². The van der Waals surface area contributed by atoms with Crippen molar-refractivity contribution in [1.82, 2.24) is 10.2 Å². The Morgan fingerprint density at radius 1 is 1.03 bits per heavy atom. The number of nitrogens with one attached hydrogen (secondary N) is 1. The Labute approximate surface area is 216 Å². The molecular formula is C26H34F3N3O4S. The maximum absolute atomic E-state index is 13.6. The average molecular weight is 542 g/mol. The number of rotatable bonds is 9. The fraction of sp³-hybridized carbons (Fsp3) is 0.462. The molecule has 0 saturated carbocycles. The van der Waals surface area contributed by atoms with Crippen LogP contribution in [-0.4, -0.2) is 49.5 Å². The number of carbonyl (C=O) groups is 2. The maximum atomic E-state index is 13.6. The van der Waals surface area contributed by atoms with Gasteiger partial charge in [0.05, 0.1) is 17.5 Å². The van der Waals surface area contributed by atoms with Gasteiger partial charge in [0, 0.05) is 12.1 Å². The summed E-state index contributed by atoms with van der Waals surface area (Å²) in [5, 5.41) is 2.85. The summed E-state index contributed by atoms with van der Waals surface area (Å²) in [7, 11) is -4.15. The molecule has 0 aromatic heterocycles. The van der Waals surface area contributed by atoms with Crippen molar-refractivity contribution in [2.24, 2.45) is 0 Å². The first-order chi connectivity index (χ1) is 16.9. The minimum Gasteiger partial charge on any atom is -0.350 e. The van der Waals surface area contributed by atoms with Crippen LogP contribution in [0.4, 0.5) is 18.9 Å².